The second-order valence-electron chi connectivity index (χ2n) is 1.88. The van der Waals surface area contributed by atoms with Crippen molar-refractivity contribution in [3.8, 4) is 0 Å². The molecule has 0 saturated heterocycles. The van der Waals surface area contributed by atoms with Gasteiger partial charge in [0.1, 0.15) is 0 Å². The molecule has 0 aliphatic carbocycles. The van der Waals surface area contributed by atoms with Gasteiger partial charge < -0.3 is 4.55 Å². The number of alkyl halides is 3. The van der Waals surface area contributed by atoms with Crippen LogP contribution >= 0.6 is 0 Å². The predicted molar refractivity (Wildman–Crippen MR) is 32.3 cm³/mol. The first-order chi connectivity index (χ1) is 5.71. The minimum absolute atomic E-state index is 0.332. The molecule has 13 heavy (non-hydrogen) atoms. The van der Waals surface area contributed by atoms with Gasteiger partial charge in [-0.25, -0.2) is 8.42 Å². The number of halogens is 3. The fourth-order valence-corrected chi connectivity index (χ4v) is 0.730. The van der Waals surface area contributed by atoms with Gasteiger partial charge in [0.25, 0.3) is 0 Å². The van der Waals surface area contributed by atoms with Gasteiger partial charge in [-0.05, 0) is 6.42 Å². The molecule has 80 valence electrons. The molecule has 0 aromatic rings. The standard InChI is InChI=1S/C4H7F3O5S/c5-4(6,7)11-2-1-3-12-13(8,9)10/h1-3H2,(H,8,9,10)/p-1. The van der Waals surface area contributed by atoms with Gasteiger partial charge in [0, 0.05) is 0 Å². The monoisotopic (exact) mass is 223 g/mol. The number of hydrogen-bond acceptors (Lipinski definition) is 5. The van der Waals surface area contributed by atoms with Gasteiger partial charge in [0.05, 0.1) is 13.2 Å². The highest BCUT2D eigenvalue weighted by Gasteiger charge is 2.28. The van der Waals surface area contributed by atoms with Crippen LogP contribution in [0.1, 0.15) is 6.42 Å². The molecule has 0 saturated carbocycles. The van der Waals surface area contributed by atoms with E-state index in [0.717, 1.165) is 0 Å². The first-order valence-corrected chi connectivity index (χ1v) is 4.35. The summed E-state index contributed by atoms with van der Waals surface area (Å²) in [6, 6.07) is 0. The van der Waals surface area contributed by atoms with Crippen molar-refractivity contribution < 1.29 is 35.1 Å². The summed E-state index contributed by atoms with van der Waals surface area (Å²) in [6.45, 7) is -1.37. The van der Waals surface area contributed by atoms with Crippen LogP contribution in [-0.4, -0.2) is 32.5 Å². The van der Waals surface area contributed by atoms with Crippen molar-refractivity contribution in [2.24, 2.45) is 0 Å². The van der Waals surface area contributed by atoms with Crippen molar-refractivity contribution in [1.82, 2.24) is 0 Å². The number of ether oxygens (including phenoxy) is 1. The average molecular weight is 223 g/mol. The molecule has 0 rings (SSSR count). The molecule has 0 fully saturated rings. The van der Waals surface area contributed by atoms with Crippen molar-refractivity contribution in [1.29, 1.82) is 0 Å². The lowest BCUT2D eigenvalue weighted by atomic mass is 10.5. The maximum Gasteiger partial charge on any atom is 0.522 e. The first kappa shape index (κ1) is 12.6. The molecule has 0 N–H and O–H groups in total. The fraction of sp³-hybridized carbons (Fsp3) is 1.00. The summed E-state index contributed by atoms with van der Waals surface area (Å²) in [4.78, 5) is 0. The van der Waals surface area contributed by atoms with Crippen molar-refractivity contribution >= 4 is 10.4 Å². The molecule has 0 aromatic heterocycles. The smallest absolute Gasteiger partial charge is 0.522 e. The van der Waals surface area contributed by atoms with E-state index in [1.165, 1.54) is 0 Å². The Labute approximate surface area is 72.4 Å². The van der Waals surface area contributed by atoms with Gasteiger partial charge in [-0.3, -0.25) is 8.92 Å². The third-order valence-electron chi connectivity index (χ3n) is 0.782. The second kappa shape index (κ2) is 4.74. The Morgan fingerprint density at radius 2 is 1.77 bits per heavy atom. The third-order valence-corrected chi connectivity index (χ3v) is 1.24. The molecule has 0 radical (unpaired) electrons. The summed E-state index contributed by atoms with van der Waals surface area (Å²) < 4.78 is 70.0. The van der Waals surface area contributed by atoms with E-state index in [9.17, 15) is 26.1 Å². The topological polar surface area (TPSA) is 75.7 Å². The quantitative estimate of drug-likeness (QED) is 0.383. The Kier molecular flexibility index (Phi) is 4.61. The Morgan fingerprint density at radius 1 is 1.23 bits per heavy atom. The SMILES string of the molecule is O=S(=O)([O-])OCCCOC(F)(F)F. The fourth-order valence-electron chi connectivity index (χ4n) is 0.408. The molecular formula is C4H6F3O5S-. The lowest BCUT2D eigenvalue weighted by Crippen LogP contribution is -2.16. The average Bonchev–Trinajstić information content (AvgIpc) is 1.81. The van der Waals surface area contributed by atoms with Crippen molar-refractivity contribution in [3.63, 3.8) is 0 Å². The van der Waals surface area contributed by atoms with Crippen LogP contribution in [0.3, 0.4) is 0 Å². The van der Waals surface area contributed by atoms with Crippen LogP contribution in [0.2, 0.25) is 0 Å². The molecule has 0 amide bonds. The summed E-state index contributed by atoms with van der Waals surface area (Å²) >= 11 is 0. The van der Waals surface area contributed by atoms with Gasteiger partial charge in [-0.1, -0.05) is 0 Å². The van der Waals surface area contributed by atoms with Crippen LogP contribution in [0.15, 0.2) is 0 Å². The van der Waals surface area contributed by atoms with Crippen LogP contribution in [0.4, 0.5) is 13.2 Å². The lowest BCUT2D eigenvalue weighted by molar-refractivity contribution is -0.324. The Morgan fingerprint density at radius 3 is 2.15 bits per heavy atom. The molecule has 5 nitrogen and oxygen atoms in total. The molecule has 0 atom stereocenters. The van der Waals surface area contributed by atoms with Gasteiger partial charge in [-0.2, -0.15) is 0 Å². The van der Waals surface area contributed by atoms with Crippen LogP contribution in [0.5, 0.6) is 0 Å². The summed E-state index contributed by atoms with van der Waals surface area (Å²) in [5.41, 5.74) is 0. The van der Waals surface area contributed by atoms with Crippen molar-refractivity contribution in [2.75, 3.05) is 13.2 Å². The number of hydrogen-bond donors (Lipinski definition) is 0. The number of rotatable bonds is 5. The van der Waals surface area contributed by atoms with E-state index in [2.05, 4.69) is 8.92 Å². The maximum atomic E-state index is 11.3. The summed E-state index contributed by atoms with van der Waals surface area (Å²) in [6.07, 6.45) is -5.09. The van der Waals surface area contributed by atoms with Crippen molar-refractivity contribution in [3.05, 3.63) is 0 Å². The second-order valence-corrected chi connectivity index (χ2v) is 2.93. The normalized spacial score (nSPS) is 13.2. The summed E-state index contributed by atoms with van der Waals surface area (Å²) in [7, 11) is -4.83. The molecule has 0 aliphatic rings. The Balaban J connectivity index is 3.39. The summed E-state index contributed by atoms with van der Waals surface area (Å²) in [5, 5.41) is 0. The zero-order valence-corrected chi connectivity index (χ0v) is 7.02. The predicted octanol–water partition coefficient (Wildman–Crippen LogP) is 0.390. The van der Waals surface area contributed by atoms with Crippen molar-refractivity contribution in [2.45, 2.75) is 12.8 Å². The van der Waals surface area contributed by atoms with Crippen LogP contribution < -0.4 is 0 Å². The van der Waals surface area contributed by atoms with E-state index < -0.39 is 30.0 Å². The molecule has 0 heterocycles. The Hall–Kier alpha value is -0.380. The van der Waals surface area contributed by atoms with Gasteiger partial charge >= 0.3 is 6.36 Å². The molecule has 0 aliphatic heterocycles. The largest absolute Gasteiger partial charge is 0.726 e. The van der Waals surface area contributed by atoms with E-state index in [4.69, 9.17) is 0 Å². The highest BCUT2D eigenvalue weighted by atomic mass is 32.3. The van der Waals surface area contributed by atoms with Crippen LogP contribution in [0, 0.1) is 0 Å². The molecule has 0 bridgehead atoms. The zero-order valence-electron chi connectivity index (χ0n) is 6.20. The van der Waals surface area contributed by atoms with E-state index in [1.54, 1.807) is 0 Å². The van der Waals surface area contributed by atoms with Gasteiger partial charge in [0.15, 0.2) is 0 Å². The van der Waals surface area contributed by atoms with E-state index in [-0.39, 0.29) is 6.42 Å². The molecule has 0 unspecified atom stereocenters. The molecular weight excluding hydrogens is 217 g/mol. The Bertz CT molecular complexity index is 233. The van der Waals surface area contributed by atoms with Crippen LogP contribution in [0.25, 0.3) is 0 Å². The minimum atomic E-state index is -4.83. The first-order valence-electron chi connectivity index (χ1n) is 3.02. The molecule has 0 aromatic carbocycles. The van der Waals surface area contributed by atoms with Gasteiger partial charge in [-0.15, -0.1) is 13.2 Å². The highest BCUT2D eigenvalue weighted by molar-refractivity contribution is 7.80. The third kappa shape index (κ3) is 11.6. The van der Waals surface area contributed by atoms with Gasteiger partial charge in [0.2, 0.25) is 10.4 Å². The van der Waals surface area contributed by atoms with E-state index in [0.29, 0.717) is 0 Å². The van der Waals surface area contributed by atoms with Crippen LogP contribution in [-0.2, 0) is 19.3 Å². The van der Waals surface area contributed by atoms with E-state index in [1.807, 2.05) is 0 Å². The minimum Gasteiger partial charge on any atom is -0.726 e. The summed E-state index contributed by atoms with van der Waals surface area (Å²) in [5.74, 6) is 0. The molecule has 0 spiro atoms. The maximum absolute atomic E-state index is 11.3. The lowest BCUT2D eigenvalue weighted by Gasteiger charge is -2.08. The van der Waals surface area contributed by atoms with E-state index >= 15 is 0 Å². The highest BCUT2D eigenvalue weighted by Crippen LogP contribution is 2.15. The zero-order chi connectivity index (χ0) is 10.5. The molecule has 9 heteroatoms.